The van der Waals surface area contributed by atoms with Crippen LogP contribution in [-0.2, 0) is 17.8 Å². The number of anilines is 2. The zero-order valence-electron chi connectivity index (χ0n) is 16.3. The lowest BCUT2D eigenvalue weighted by atomic mass is 9.99. The van der Waals surface area contributed by atoms with Crippen molar-refractivity contribution in [1.82, 2.24) is 14.9 Å². The van der Waals surface area contributed by atoms with Crippen molar-refractivity contribution in [2.75, 3.05) is 56.7 Å². The molecular weight excluding hydrogens is 358 g/mol. The number of hydrogen-bond donors (Lipinski definition) is 0. The van der Waals surface area contributed by atoms with Gasteiger partial charge in [-0.3, -0.25) is 4.79 Å². The van der Waals surface area contributed by atoms with Gasteiger partial charge < -0.3 is 24.2 Å². The average Bonchev–Trinajstić information content (AvgIpc) is 2.77. The molecule has 8 heteroatoms. The van der Waals surface area contributed by atoms with Crippen LogP contribution in [-0.4, -0.2) is 68.2 Å². The molecule has 2 aromatic rings. The summed E-state index contributed by atoms with van der Waals surface area (Å²) in [6.45, 7) is 4.61. The SMILES string of the molecule is COc1cc2c(cc1OC)CN(c1nccc(N3CCN(C=O)CC3)n1)CC2. The van der Waals surface area contributed by atoms with Gasteiger partial charge in [0.05, 0.1) is 14.2 Å². The molecule has 28 heavy (non-hydrogen) atoms. The fraction of sp³-hybridized carbons (Fsp3) is 0.450. The quantitative estimate of drug-likeness (QED) is 0.722. The minimum absolute atomic E-state index is 0.724. The van der Waals surface area contributed by atoms with Gasteiger partial charge in [-0.25, -0.2) is 4.98 Å². The van der Waals surface area contributed by atoms with E-state index in [1.807, 2.05) is 18.3 Å². The third-order valence-corrected chi connectivity index (χ3v) is 5.42. The molecule has 2 aliphatic rings. The first-order chi connectivity index (χ1) is 13.7. The van der Waals surface area contributed by atoms with Gasteiger partial charge in [0.25, 0.3) is 0 Å². The molecule has 3 heterocycles. The highest BCUT2D eigenvalue weighted by molar-refractivity contribution is 5.52. The Morgan fingerprint density at radius 2 is 1.68 bits per heavy atom. The van der Waals surface area contributed by atoms with Gasteiger partial charge in [0.2, 0.25) is 12.4 Å². The van der Waals surface area contributed by atoms with E-state index in [9.17, 15) is 4.79 Å². The molecule has 0 unspecified atom stereocenters. The molecule has 148 valence electrons. The maximum atomic E-state index is 10.9. The lowest BCUT2D eigenvalue weighted by Gasteiger charge is -2.34. The number of benzene rings is 1. The first-order valence-electron chi connectivity index (χ1n) is 9.48. The molecule has 1 aromatic heterocycles. The lowest BCUT2D eigenvalue weighted by molar-refractivity contribution is -0.118. The summed E-state index contributed by atoms with van der Waals surface area (Å²) < 4.78 is 10.9. The highest BCUT2D eigenvalue weighted by Gasteiger charge is 2.23. The van der Waals surface area contributed by atoms with E-state index in [0.29, 0.717) is 0 Å². The maximum Gasteiger partial charge on any atom is 0.227 e. The van der Waals surface area contributed by atoms with Gasteiger partial charge in [0.1, 0.15) is 5.82 Å². The zero-order valence-corrected chi connectivity index (χ0v) is 16.3. The average molecular weight is 383 g/mol. The Morgan fingerprint density at radius 3 is 2.36 bits per heavy atom. The molecule has 4 rings (SSSR count). The van der Waals surface area contributed by atoms with Crippen LogP contribution in [0.25, 0.3) is 0 Å². The zero-order chi connectivity index (χ0) is 19.5. The second-order valence-corrected chi connectivity index (χ2v) is 6.99. The van der Waals surface area contributed by atoms with E-state index in [1.165, 1.54) is 11.1 Å². The fourth-order valence-electron chi connectivity index (χ4n) is 3.78. The topological polar surface area (TPSA) is 71.0 Å². The molecule has 8 nitrogen and oxygen atoms in total. The van der Waals surface area contributed by atoms with Gasteiger partial charge in [-0.05, 0) is 35.7 Å². The summed E-state index contributed by atoms with van der Waals surface area (Å²) in [6, 6.07) is 6.05. The van der Waals surface area contributed by atoms with Gasteiger partial charge in [0.15, 0.2) is 11.5 Å². The number of rotatable bonds is 5. The minimum Gasteiger partial charge on any atom is -0.493 e. The highest BCUT2D eigenvalue weighted by Crippen LogP contribution is 2.34. The number of ether oxygens (including phenoxy) is 2. The van der Waals surface area contributed by atoms with Crippen molar-refractivity contribution in [3.63, 3.8) is 0 Å². The number of carbonyl (C=O) groups excluding carboxylic acids is 1. The molecule has 0 atom stereocenters. The van der Waals surface area contributed by atoms with E-state index in [0.717, 1.165) is 75.4 Å². The van der Waals surface area contributed by atoms with Crippen LogP contribution in [0.3, 0.4) is 0 Å². The molecule has 1 aromatic carbocycles. The van der Waals surface area contributed by atoms with Crippen LogP contribution >= 0.6 is 0 Å². The number of aromatic nitrogens is 2. The molecule has 1 fully saturated rings. The van der Waals surface area contributed by atoms with Crippen molar-refractivity contribution in [3.8, 4) is 11.5 Å². The number of piperazine rings is 1. The molecule has 2 aliphatic heterocycles. The molecule has 0 saturated carbocycles. The Kier molecular flexibility index (Phi) is 5.18. The molecule has 0 spiro atoms. The van der Waals surface area contributed by atoms with Gasteiger partial charge in [-0.2, -0.15) is 4.98 Å². The van der Waals surface area contributed by atoms with Crippen LogP contribution in [0.1, 0.15) is 11.1 Å². The van der Waals surface area contributed by atoms with E-state index >= 15 is 0 Å². The largest absolute Gasteiger partial charge is 0.493 e. The number of fused-ring (bicyclic) bond motifs is 1. The van der Waals surface area contributed by atoms with Crippen molar-refractivity contribution in [2.24, 2.45) is 0 Å². The summed E-state index contributed by atoms with van der Waals surface area (Å²) in [6.07, 6.45) is 3.63. The van der Waals surface area contributed by atoms with Crippen LogP contribution in [0.2, 0.25) is 0 Å². The summed E-state index contributed by atoms with van der Waals surface area (Å²) in [7, 11) is 3.31. The van der Waals surface area contributed by atoms with Crippen LogP contribution < -0.4 is 19.3 Å². The minimum atomic E-state index is 0.724. The summed E-state index contributed by atoms with van der Waals surface area (Å²) >= 11 is 0. The summed E-state index contributed by atoms with van der Waals surface area (Å²) in [4.78, 5) is 26.4. The lowest BCUT2D eigenvalue weighted by Crippen LogP contribution is -2.46. The van der Waals surface area contributed by atoms with E-state index in [4.69, 9.17) is 14.5 Å². The third kappa shape index (κ3) is 3.54. The third-order valence-electron chi connectivity index (χ3n) is 5.42. The van der Waals surface area contributed by atoms with Crippen molar-refractivity contribution >= 4 is 18.2 Å². The highest BCUT2D eigenvalue weighted by atomic mass is 16.5. The van der Waals surface area contributed by atoms with Crippen molar-refractivity contribution in [2.45, 2.75) is 13.0 Å². The van der Waals surface area contributed by atoms with E-state index < -0.39 is 0 Å². The predicted octanol–water partition coefficient (Wildman–Crippen LogP) is 1.33. The van der Waals surface area contributed by atoms with Crippen LogP contribution in [0.4, 0.5) is 11.8 Å². The van der Waals surface area contributed by atoms with E-state index in [1.54, 1.807) is 19.1 Å². The molecule has 0 aliphatic carbocycles. The van der Waals surface area contributed by atoms with Crippen molar-refractivity contribution in [3.05, 3.63) is 35.5 Å². The maximum absolute atomic E-state index is 10.9. The molecule has 0 radical (unpaired) electrons. The summed E-state index contributed by atoms with van der Waals surface area (Å²) in [5.74, 6) is 3.15. The van der Waals surface area contributed by atoms with Crippen LogP contribution in [0.5, 0.6) is 11.5 Å². The van der Waals surface area contributed by atoms with E-state index in [2.05, 4.69) is 20.9 Å². The second kappa shape index (κ2) is 7.92. The molecule has 1 amide bonds. The molecular formula is C20H25N5O3. The summed E-state index contributed by atoms with van der Waals surface area (Å²) in [5, 5.41) is 0. The summed E-state index contributed by atoms with van der Waals surface area (Å²) in [5.41, 5.74) is 2.48. The predicted molar refractivity (Wildman–Crippen MR) is 106 cm³/mol. The Morgan fingerprint density at radius 1 is 0.964 bits per heavy atom. The molecule has 1 saturated heterocycles. The van der Waals surface area contributed by atoms with Gasteiger partial charge in [-0.15, -0.1) is 0 Å². The monoisotopic (exact) mass is 383 g/mol. The number of hydrogen-bond acceptors (Lipinski definition) is 7. The normalized spacial score (nSPS) is 16.6. The Labute approximate surface area is 164 Å². The Hall–Kier alpha value is -3.03. The second-order valence-electron chi connectivity index (χ2n) is 6.99. The molecule has 0 bridgehead atoms. The number of nitrogens with zero attached hydrogens (tertiary/aromatic N) is 5. The number of amides is 1. The van der Waals surface area contributed by atoms with Crippen molar-refractivity contribution < 1.29 is 14.3 Å². The fourth-order valence-corrected chi connectivity index (χ4v) is 3.78. The molecule has 0 N–H and O–H groups in total. The van der Waals surface area contributed by atoms with E-state index in [-0.39, 0.29) is 0 Å². The van der Waals surface area contributed by atoms with Gasteiger partial charge in [-0.1, -0.05) is 0 Å². The van der Waals surface area contributed by atoms with Crippen LogP contribution in [0, 0.1) is 0 Å². The standard InChI is InChI=1S/C20H25N5O3/c1-27-17-11-15-4-6-25(13-16(15)12-18(17)28-2)20-21-5-3-19(22-20)24-9-7-23(14-26)8-10-24/h3,5,11-12,14H,4,6-10,13H2,1-2H3. The van der Waals surface area contributed by atoms with Gasteiger partial charge >= 0.3 is 0 Å². The van der Waals surface area contributed by atoms with Crippen molar-refractivity contribution in [1.29, 1.82) is 0 Å². The number of methoxy groups -OCH3 is 2. The van der Waals surface area contributed by atoms with Crippen LogP contribution in [0.15, 0.2) is 24.4 Å². The Bertz CT molecular complexity index is 852. The first-order valence-corrected chi connectivity index (χ1v) is 9.48. The Balaban J connectivity index is 1.52. The smallest absolute Gasteiger partial charge is 0.227 e. The first kappa shape index (κ1) is 18.3. The van der Waals surface area contributed by atoms with Gasteiger partial charge in [0, 0.05) is 45.5 Å². The number of carbonyl (C=O) groups is 1.